The maximum absolute atomic E-state index is 11.0. The molecule has 0 atom stereocenters. The van der Waals surface area contributed by atoms with Gasteiger partial charge in [-0.2, -0.15) is 0 Å². The molecule has 1 aromatic rings. The first kappa shape index (κ1) is 10.6. The van der Waals surface area contributed by atoms with Crippen LogP contribution in [0, 0.1) is 13.8 Å². The molecule has 3 heteroatoms. The molecule has 1 rings (SSSR count). The largest absolute Gasteiger partial charge is 0.477 e. The fourth-order valence-corrected chi connectivity index (χ4v) is 1.64. The van der Waals surface area contributed by atoms with Gasteiger partial charge in [0.15, 0.2) is 0 Å². The van der Waals surface area contributed by atoms with Crippen LogP contribution in [0.25, 0.3) is 0 Å². The van der Waals surface area contributed by atoms with Crippen molar-refractivity contribution in [3.63, 3.8) is 0 Å². The molecule has 1 heterocycles. The summed E-state index contributed by atoms with van der Waals surface area (Å²) < 4.78 is 1.82. The lowest BCUT2D eigenvalue weighted by Gasteiger charge is -2.07. The van der Waals surface area contributed by atoms with E-state index in [0.717, 1.165) is 17.7 Å². The summed E-state index contributed by atoms with van der Waals surface area (Å²) in [5.41, 5.74) is 2.20. The van der Waals surface area contributed by atoms with Crippen LogP contribution in [0.15, 0.2) is 18.7 Å². The molecule has 76 valence electrons. The van der Waals surface area contributed by atoms with Gasteiger partial charge >= 0.3 is 5.97 Å². The third-order valence-corrected chi connectivity index (χ3v) is 2.25. The minimum atomic E-state index is -0.861. The Balaban J connectivity index is 3.11. The van der Waals surface area contributed by atoms with Crippen molar-refractivity contribution in [1.29, 1.82) is 0 Å². The van der Waals surface area contributed by atoms with Crippen molar-refractivity contribution in [3.8, 4) is 0 Å². The maximum Gasteiger partial charge on any atom is 0.352 e. The number of aromatic nitrogens is 1. The monoisotopic (exact) mass is 193 g/mol. The van der Waals surface area contributed by atoms with Gasteiger partial charge in [0, 0.05) is 12.2 Å². The molecular formula is C11H15NO2. The number of hydrogen-bond donors (Lipinski definition) is 1. The van der Waals surface area contributed by atoms with Gasteiger partial charge in [0.25, 0.3) is 0 Å². The summed E-state index contributed by atoms with van der Waals surface area (Å²) in [5.74, 6) is -0.861. The molecule has 0 bridgehead atoms. The molecule has 0 saturated heterocycles. The lowest BCUT2D eigenvalue weighted by atomic mass is 10.2. The van der Waals surface area contributed by atoms with Crippen LogP contribution in [0.2, 0.25) is 0 Å². The predicted molar refractivity (Wildman–Crippen MR) is 55.7 cm³/mol. The lowest BCUT2D eigenvalue weighted by Crippen LogP contribution is -2.10. The van der Waals surface area contributed by atoms with Gasteiger partial charge in [0.05, 0.1) is 0 Å². The Kier molecular flexibility index (Phi) is 3.12. The van der Waals surface area contributed by atoms with E-state index >= 15 is 0 Å². The summed E-state index contributed by atoms with van der Waals surface area (Å²) in [6.45, 7) is 8.05. The van der Waals surface area contributed by atoms with Crippen molar-refractivity contribution >= 4 is 5.97 Å². The Morgan fingerprint density at radius 3 is 2.79 bits per heavy atom. The zero-order valence-electron chi connectivity index (χ0n) is 8.58. The normalized spacial score (nSPS) is 10.1. The molecule has 1 N–H and O–H groups in total. The third kappa shape index (κ3) is 1.87. The molecule has 0 aromatic carbocycles. The smallest absolute Gasteiger partial charge is 0.352 e. The van der Waals surface area contributed by atoms with Crippen LogP contribution in [-0.2, 0) is 6.54 Å². The molecule has 14 heavy (non-hydrogen) atoms. The van der Waals surface area contributed by atoms with Gasteiger partial charge in [-0.3, -0.25) is 0 Å². The second-order valence-corrected chi connectivity index (χ2v) is 3.35. The quantitative estimate of drug-likeness (QED) is 0.746. The van der Waals surface area contributed by atoms with Gasteiger partial charge in [0.1, 0.15) is 5.69 Å². The molecule has 1 aromatic heterocycles. The highest BCUT2D eigenvalue weighted by Crippen LogP contribution is 2.15. The number of hydrogen-bond acceptors (Lipinski definition) is 1. The minimum absolute atomic E-state index is 0.393. The second-order valence-electron chi connectivity index (χ2n) is 3.35. The molecule has 0 fully saturated rings. The van der Waals surface area contributed by atoms with E-state index in [2.05, 4.69) is 6.58 Å². The summed E-state index contributed by atoms with van der Waals surface area (Å²) in [6.07, 6.45) is 2.58. The molecule has 3 nitrogen and oxygen atoms in total. The van der Waals surface area contributed by atoms with Crippen LogP contribution in [0.1, 0.15) is 28.2 Å². The van der Waals surface area contributed by atoms with Crippen molar-refractivity contribution < 1.29 is 9.90 Å². The Morgan fingerprint density at radius 1 is 1.64 bits per heavy atom. The predicted octanol–water partition coefficient (Wildman–Crippen LogP) is 2.38. The van der Waals surface area contributed by atoms with Crippen LogP contribution < -0.4 is 0 Å². The molecular weight excluding hydrogens is 178 g/mol. The second kappa shape index (κ2) is 4.13. The van der Waals surface area contributed by atoms with Gasteiger partial charge in [-0.1, -0.05) is 6.08 Å². The van der Waals surface area contributed by atoms with Crippen molar-refractivity contribution in [2.45, 2.75) is 26.8 Å². The first-order chi connectivity index (χ1) is 6.57. The number of carboxylic acids is 1. The summed E-state index contributed by atoms with van der Waals surface area (Å²) in [6, 6.07) is 1.90. The molecule has 0 unspecified atom stereocenters. The van der Waals surface area contributed by atoms with E-state index < -0.39 is 5.97 Å². The molecule has 0 aliphatic rings. The zero-order chi connectivity index (χ0) is 10.7. The van der Waals surface area contributed by atoms with E-state index in [-0.39, 0.29) is 0 Å². The fourth-order valence-electron chi connectivity index (χ4n) is 1.64. The van der Waals surface area contributed by atoms with Crippen LogP contribution in [-0.4, -0.2) is 15.6 Å². The van der Waals surface area contributed by atoms with Gasteiger partial charge in [-0.25, -0.2) is 4.79 Å². The number of aromatic carboxylic acids is 1. The van der Waals surface area contributed by atoms with Gasteiger partial charge in [-0.15, -0.1) is 6.58 Å². The van der Waals surface area contributed by atoms with Crippen LogP contribution >= 0.6 is 0 Å². The fraction of sp³-hybridized carbons (Fsp3) is 0.364. The number of allylic oxidation sites excluding steroid dienone is 1. The summed E-state index contributed by atoms with van der Waals surface area (Å²) in [7, 11) is 0. The molecule has 0 amide bonds. The lowest BCUT2D eigenvalue weighted by molar-refractivity contribution is 0.0684. The van der Waals surface area contributed by atoms with Crippen LogP contribution in [0.3, 0.4) is 0 Å². The molecule has 0 spiro atoms. The Bertz CT molecular complexity index is 364. The van der Waals surface area contributed by atoms with E-state index in [0.29, 0.717) is 12.2 Å². The Labute approximate surface area is 83.7 Å². The van der Waals surface area contributed by atoms with E-state index in [1.54, 1.807) is 6.08 Å². The van der Waals surface area contributed by atoms with Crippen LogP contribution in [0.4, 0.5) is 0 Å². The standard InChI is InChI=1S/C11H15NO2/c1-4-5-6-12-9(3)7-8(2)10(12)11(13)14/h4,7H,1,5-6H2,2-3H3,(H,13,14). The van der Waals surface area contributed by atoms with Gasteiger partial charge < -0.3 is 9.67 Å². The third-order valence-electron chi connectivity index (χ3n) is 2.25. The topological polar surface area (TPSA) is 42.2 Å². The molecule has 0 aliphatic carbocycles. The number of carboxylic acid groups (broad SMARTS) is 1. The maximum atomic E-state index is 11.0. The Hall–Kier alpha value is -1.51. The summed E-state index contributed by atoms with van der Waals surface area (Å²) >= 11 is 0. The average molecular weight is 193 g/mol. The van der Waals surface area contributed by atoms with E-state index in [4.69, 9.17) is 5.11 Å². The van der Waals surface area contributed by atoms with Gasteiger partial charge in [-0.05, 0) is 31.9 Å². The van der Waals surface area contributed by atoms with Crippen molar-refractivity contribution in [2.75, 3.05) is 0 Å². The van der Waals surface area contributed by atoms with E-state index in [9.17, 15) is 4.79 Å². The van der Waals surface area contributed by atoms with Crippen LogP contribution in [0.5, 0.6) is 0 Å². The SMILES string of the molecule is C=CCCn1c(C)cc(C)c1C(=O)O. The summed E-state index contributed by atoms with van der Waals surface area (Å²) in [5, 5.41) is 9.01. The van der Waals surface area contributed by atoms with Crippen molar-refractivity contribution in [1.82, 2.24) is 4.57 Å². The minimum Gasteiger partial charge on any atom is -0.477 e. The number of aryl methyl sites for hydroxylation is 2. The molecule has 0 saturated carbocycles. The van der Waals surface area contributed by atoms with Crippen molar-refractivity contribution in [3.05, 3.63) is 35.7 Å². The number of carbonyl (C=O) groups is 1. The first-order valence-corrected chi connectivity index (χ1v) is 4.59. The molecule has 0 aliphatic heterocycles. The van der Waals surface area contributed by atoms with Gasteiger partial charge in [0.2, 0.25) is 0 Å². The highest BCUT2D eigenvalue weighted by Gasteiger charge is 2.15. The summed E-state index contributed by atoms with van der Waals surface area (Å²) in [4.78, 5) is 11.0. The van der Waals surface area contributed by atoms with E-state index in [1.165, 1.54) is 0 Å². The van der Waals surface area contributed by atoms with Crippen molar-refractivity contribution in [2.24, 2.45) is 0 Å². The Morgan fingerprint density at radius 2 is 2.29 bits per heavy atom. The highest BCUT2D eigenvalue weighted by atomic mass is 16.4. The number of rotatable bonds is 4. The van der Waals surface area contributed by atoms with E-state index in [1.807, 2.05) is 24.5 Å². The number of nitrogens with zero attached hydrogens (tertiary/aromatic N) is 1. The molecule has 0 radical (unpaired) electrons. The first-order valence-electron chi connectivity index (χ1n) is 4.59. The zero-order valence-corrected chi connectivity index (χ0v) is 8.58. The highest BCUT2D eigenvalue weighted by molar-refractivity contribution is 5.87. The average Bonchev–Trinajstić information content (AvgIpc) is 2.37.